The van der Waals surface area contributed by atoms with Crippen LogP contribution in [0.15, 0.2) is 72.2 Å². The molecule has 1 amide bonds. The van der Waals surface area contributed by atoms with Crippen molar-refractivity contribution in [3.05, 3.63) is 94.5 Å². The van der Waals surface area contributed by atoms with Crippen molar-refractivity contribution < 1.29 is 4.79 Å². The minimum atomic E-state index is -0.311. The number of para-hydroxylation sites is 1. The van der Waals surface area contributed by atoms with Crippen molar-refractivity contribution in [1.82, 2.24) is 15.1 Å². The van der Waals surface area contributed by atoms with E-state index in [1.165, 1.54) is 5.56 Å². The standard InChI is InChI=1S/C23H20N4OS/c1-15-8-10-16(11-9-15)14-27-22(25-19-6-3-2-5-17(19)23(27)28)18-13-24-26-21(18)20-7-4-12-29-20/h2-13,22,25H,14H2,1H3,(H,24,26). The summed E-state index contributed by atoms with van der Waals surface area (Å²) in [5.41, 5.74) is 5.74. The van der Waals surface area contributed by atoms with Gasteiger partial charge in [-0.3, -0.25) is 9.89 Å². The first-order valence-electron chi connectivity index (χ1n) is 9.50. The van der Waals surface area contributed by atoms with E-state index in [1.54, 1.807) is 11.3 Å². The quantitative estimate of drug-likeness (QED) is 0.494. The molecule has 0 radical (unpaired) electrons. The zero-order chi connectivity index (χ0) is 19.8. The first-order chi connectivity index (χ1) is 14.2. The topological polar surface area (TPSA) is 61.0 Å². The Labute approximate surface area is 173 Å². The molecule has 1 aliphatic heterocycles. The smallest absolute Gasteiger partial charge is 0.258 e. The third-order valence-corrected chi connectivity index (χ3v) is 6.11. The maximum absolute atomic E-state index is 13.4. The van der Waals surface area contributed by atoms with Gasteiger partial charge in [0, 0.05) is 17.8 Å². The number of thiophene rings is 1. The molecule has 3 heterocycles. The fourth-order valence-electron chi connectivity index (χ4n) is 3.71. The van der Waals surface area contributed by atoms with E-state index in [4.69, 9.17) is 0 Å². The minimum Gasteiger partial charge on any atom is -0.361 e. The Kier molecular flexibility index (Phi) is 4.41. The van der Waals surface area contributed by atoms with Crippen molar-refractivity contribution in [3.8, 4) is 10.6 Å². The van der Waals surface area contributed by atoms with E-state index in [-0.39, 0.29) is 12.1 Å². The molecule has 1 atom stereocenters. The van der Waals surface area contributed by atoms with Crippen LogP contribution >= 0.6 is 11.3 Å². The third-order valence-electron chi connectivity index (χ3n) is 5.23. The summed E-state index contributed by atoms with van der Waals surface area (Å²) in [7, 11) is 0. The number of fused-ring (bicyclic) bond motifs is 1. The average Bonchev–Trinajstić information content (AvgIpc) is 3.43. The van der Waals surface area contributed by atoms with Crippen LogP contribution in [0, 0.1) is 6.92 Å². The van der Waals surface area contributed by atoms with Crippen molar-refractivity contribution in [3.63, 3.8) is 0 Å². The van der Waals surface area contributed by atoms with Crippen molar-refractivity contribution in [2.24, 2.45) is 0 Å². The maximum atomic E-state index is 13.4. The van der Waals surface area contributed by atoms with Crippen LogP contribution in [0.4, 0.5) is 5.69 Å². The highest BCUT2D eigenvalue weighted by atomic mass is 32.1. The minimum absolute atomic E-state index is 0.0169. The van der Waals surface area contributed by atoms with Crippen LogP contribution < -0.4 is 5.32 Å². The molecule has 0 saturated carbocycles. The number of amides is 1. The molecular weight excluding hydrogens is 380 g/mol. The van der Waals surface area contributed by atoms with Crippen molar-refractivity contribution in [2.75, 3.05) is 5.32 Å². The van der Waals surface area contributed by atoms with Gasteiger partial charge in [0.25, 0.3) is 5.91 Å². The summed E-state index contributed by atoms with van der Waals surface area (Å²) in [6.45, 7) is 2.58. The highest BCUT2D eigenvalue weighted by molar-refractivity contribution is 7.13. The normalized spacial score (nSPS) is 15.8. The number of aryl methyl sites for hydroxylation is 1. The van der Waals surface area contributed by atoms with E-state index < -0.39 is 0 Å². The lowest BCUT2D eigenvalue weighted by molar-refractivity contribution is 0.0667. The Morgan fingerprint density at radius 3 is 2.69 bits per heavy atom. The Morgan fingerprint density at radius 1 is 1.07 bits per heavy atom. The molecule has 1 unspecified atom stereocenters. The fraction of sp³-hybridized carbons (Fsp3) is 0.130. The molecule has 0 spiro atoms. The monoisotopic (exact) mass is 400 g/mol. The molecule has 0 bridgehead atoms. The number of H-pyrrole nitrogens is 1. The van der Waals surface area contributed by atoms with E-state index in [0.29, 0.717) is 12.1 Å². The fourth-order valence-corrected chi connectivity index (χ4v) is 4.45. The molecule has 1 aliphatic rings. The molecule has 0 aliphatic carbocycles. The molecule has 5 nitrogen and oxygen atoms in total. The summed E-state index contributed by atoms with van der Waals surface area (Å²) in [5, 5.41) is 13.0. The molecule has 5 rings (SSSR count). The number of carbonyl (C=O) groups excluding carboxylic acids is 1. The van der Waals surface area contributed by atoms with Gasteiger partial charge < -0.3 is 10.2 Å². The first kappa shape index (κ1) is 17.7. The Balaban J connectivity index is 1.59. The van der Waals surface area contributed by atoms with Gasteiger partial charge in [-0.2, -0.15) is 5.10 Å². The van der Waals surface area contributed by atoms with Crippen molar-refractivity contribution >= 4 is 22.9 Å². The van der Waals surface area contributed by atoms with Crippen LogP contribution in [-0.2, 0) is 6.54 Å². The van der Waals surface area contributed by atoms with Gasteiger partial charge in [0.05, 0.1) is 22.3 Å². The predicted octanol–water partition coefficient (Wildman–Crippen LogP) is 5.21. The summed E-state index contributed by atoms with van der Waals surface area (Å²) in [5.74, 6) is 0.0169. The number of hydrogen-bond acceptors (Lipinski definition) is 4. The van der Waals surface area contributed by atoms with Crippen LogP contribution in [0.1, 0.15) is 33.2 Å². The lowest BCUT2D eigenvalue weighted by Gasteiger charge is -2.38. The molecular formula is C23H20N4OS. The molecule has 0 fully saturated rings. The Morgan fingerprint density at radius 2 is 1.90 bits per heavy atom. The lowest BCUT2D eigenvalue weighted by atomic mass is 10.0. The lowest BCUT2D eigenvalue weighted by Crippen LogP contribution is -2.42. The van der Waals surface area contributed by atoms with E-state index >= 15 is 0 Å². The highest BCUT2D eigenvalue weighted by Crippen LogP contribution is 2.38. The highest BCUT2D eigenvalue weighted by Gasteiger charge is 2.35. The van der Waals surface area contributed by atoms with Gasteiger partial charge >= 0.3 is 0 Å². The summed E-state index contributed by atoms with van der Waals surface area (Å²) >= 11 is 1.65. The van der Waals surface area contributed by atoms with Crippen LogP contribution in [0.2, 0.25) is 0 Å². The Hall–Kier alpha value is -3.38. The zero-order valence-electron chi connectivity index (χ0n) is 15.9. The van der Waals surface area contributed by atoms with E-state index in [1.807, 2.05) is 46.8 Å². The second-order valence-electron chi connectivity index (χ2n) is 7.19. The van der Waals surface area contributed by atoms with Crippen LogP contribution in [0.25, 0.3) is 10.6 Å². The number of hydrogen-bond donors (Lipinski definition) is 2. The van der Waals surface area contributed by atoms with Gasteiger partial charge in [-0.15, -0.1) is 11.3 Å². The molecule has 4 aromatic rings. The SMILES string of the molecule is Cc1ccc(CN2C(=O)c3ccccc3NC2c2cn[nH]c2-c2cccs2)cc1. The molecule has 2 N–H and O–H groups in total. The number of aromatic nitrogens is 2. The molecule has 2 aromatic carbocycles. The molecule has 0 saturated heterocycles. The van der Waals surface area contributed by atoms with E-state index in [0.717, 1.165) is 27.4 Å². The molecule has 2 aromatic heterocycles. The molecule has 6 heteroatoms. The van der Waals surface area contributed by atoms with Gasteiger partial charge in [0.1, 0.15) is 6.17 Å². The van der Waals surface area contributed by atoms with Crippen molar-refractivity contribution in [2.45, 2.75) is 19.6 Å². The molecule has 29 heavy (non-hydrogen) atoms. The Bertz CT molecular complexity index is 1150. The summed E-state index contributed by atoms with van der Waals surface area (Å²) in [6.07, 6.45) is 1.50. The number of carbonyl (C=O) groups is 1. The largest absolute Gasteiger partial charge is 0.361 e. The van der Waals surface area contributed by atoms with Crippen LogP contribution in [0.3, 0.4) is 0 Å². The van der Waals surface area contributed by atoms with Gasteiger partial charge in [-0.05, 0) is 36.1 Å². The van der Waals surface area contributed by atoms with E-state index in [9.17, 15) is 4.79 Å². The van der Waals surface area contributed by atoms with Crippen LogP contribution in [0.5, 0.6) is 0 Å². The number of nitrogens with zero attached hydrogens (tertiary/aromatic N) is 2. The van der Waals surface area contributed by atoms with Gasteiger partial charge in [-0.1, -0.05) is 48.0 Å². The molecule has 144 valence electrons. The van der Waals surface area contributed by atoms with Crippen LogP contribution in [-0.4, -0.2) is 21.0 Å². The summed E-state index contributed by atoms with van der Waals surface area (Å²) < 4.78 is 0. The number of anilines is 1. The number of aromatic amines is 1. The van der Waals surface area contributed by atoms with Gasteiger partial charge in [-0.25, -0.2) is 0 Å². The number of nitrogens with one attached hydrogen (secondary N) is 2. The average molecular weight is 401 g/mol. The number of rotatable bonds is 4. The maximum Gasteiger partial charge on any atom is 0.258 e. The van der Waals surface area contributed by atoms with Crippen molar-refractivity contribution in [1.29, 1.82) is 0 Å². The predicted molar refractivity (Wildman–Crippen MR) is 116 cm³/mol. The summed E-state index contributed by atoms with van der Waals surface area (Å²) in [4.78, 5) is 16.4. The summed E-state index contributed by atoms with van der Waals surface area (Å²) in [6, 6.07) is 20.1. The van der Waals surface area contributed by atoms with Gasteiger partial charge in [0.2, 0.25) is 0 Å². The second kappa shape index (κ2) is 7.22. The second-order valence-corrected chi connectivity index (χ2v) is 8.14. The van der Waals surface area contributed by atoms with Gasteiger partial charge in [0.15, 0.2) is 0 Å². The first-order valence-corrected chi connectivity index (χ1v) is 10.4. The zero-order valence-corrected chi connectivity index (χ0v) is 16.7. The number of benzene rings is 2. The van der Waals surface area contributed by atoms with E-state index in [2.05, 4.69) is 52.8 Å². The third kappa shape index (κ3) is 3.21.